The minimum Gasteiger partial charge on any atom is -0.369 e. The molecule has 1 aromatic heterocycles. The van der Waals surface area contributed by atoms with Gasteiger partial charge in [0.25, 0.3) is 0 Å². The minimum absolute atomic E-state index is 0.116. The molecule has 22 heavy (non-hydrogen) atoms. The quantitative estimate of drug-likeness (QED) is 0.924. The second kappa shape index (κ2) is 6.02. The number of aromatic nitrogens is 2. The fourth-order valence-corrected chi connectivity index (χ4v) is 2.90. The monoisotopic (exact) mass is 318 g/mol. The highest BCUT2D eigenvalue weighted by molar-refractivity contribution is 7.13. The Hall–Kier alpha value is -1.99. The summed E-state index contributed by atoms with van der Waals surface area (Å²) in [6, 6.07) is 9.78. The van der Waals surface area contributed by atoms with Crippen molar-refractivity contribution in [3.05, 3.63) is 41.4 Å². The number of amides is 2. The second-order valence-electron chi connectivity index (χ2n) is 5.81. The number of carbonyl (C=O) groups is 1. The molecule has 2 heterocycles. The van der Waals surface area contributed by atoms with E-state index >= 15 is 0 Å². The zero-order valence-electron chi connectivity index (χ0n) is 12.5. The molecular formula is C15H18N4O2S. The molecule has 0 bridgehead atoms. The Kier molecular flexibility index (Phi) is 4.08. The van der Waals surface area contributed by atoms with Gasteiger partial charge in [-0.25, -0.2) is 4.79 Å². The molecule has 1 aliphatic rings. The Bertz CT molecular complexity index is 630. The fourth-order valence-electron chi connectivity index (χ4n) is 2.46. The molecule has 0 saturated carbocycles. The van der Waals surface area contributed by atoms with Crippen LogP contribution in [0.1, 0.15) is 25.5 Å². The summed E-state index contributed by atoms with van der Waals surface area (Å²) in [6.45, 7) is 4.97. The topological polar surface area (TPSA) is 67.3 Å². The summed E-state index contributed by atoms with van der Waals surface area (Å²) in [7, 11) is 0. The number of hydrogen-bond acceptors (Lipinski definition) is 5. The van der Waals surface area contributed by atoms with Gasteiger partial charge in [-0.15, -0.1) is 10.2 Å². The van der Waals surface area contributed by atoms with Gasteiger partial charge >= 0.3 is 6.03 Å². The molecule has 1 fully saturated rings. The normalized spacial score (nSPS) is 20.6. The Morgan fingerprint density at radius 3 is 2.86 bits per heavy atom. The van der Waals surface area contributed by atoms with E-state index in [-0.39, 0.29) is 17.7 Å². The van der Waals surface area contributed by atoms with Gasteiger partial charge in [0, 0.05) is 0 Å². The number of benzene rings is 1. The van der Waals surface area contributed by atoms with Gasteiger partial charge in [0.2, 0.25) is 5.13 Å². The van der Waals surface area contributed by atoms with Crippen molar-refractivity contribution >= 4 is 22.5 Å². The Labute approximate surface area is 133 Å². The maximum atomic E-state index is 12.6. The van der Waals surface area contributed by atoms with E-state index in [1.165, 1.54) is 11.3 Å². The smallest absolute Gasteiger partial charge is 0.324 e. The fraction of sp³-hybridized carbons (Fsp3) is 0.400. The van der Waals surface area contributed by atoms with E-state index in [2.05, 4.69) is 15.5 Å². The second-order valence-corrected chi connectivity index (χ2v) is 6.64. The maximum Gasteiger partial charge on any atom is 0.324 e. The highest BCUT2D eigenvalue weighted by atomic mass is 32.1. The molecular weight excluding hydrogens is 300 g/mol. The van der Waals surface area contributed by atoms with E-state index < -0.39 is 0 Å². The average Bonchev–Trinajstić information content (AvgIpc) is 3.00. The number of morpholine rings is 1. The standard InChI is InChI=1S/C15H18N4O2S/c1-15(2)9-21-12(11-6-4-3-5-7-11)8-19(15)14(20)17-13-18-16-10-22-13/h3-7,10,12H,8-9H2,1-2H3,(H,17,18,20)/t12-/m0/s1. The number of anilines is 1. The van der Waals surface area contributed by atoms with Gasteiger partial charge in [0.05, 0.1) is 18.7 Å². The summed E-state index contributed by atoms with van der Waals surface area (Å²) in [5.74, 6) is 0. The van der Waals surface area contributed by atoms with Crippen molar-refractivity contribution in [1.82, 2.24) is 15.1 Å². The van der Waals surface area contributed by atoms with Crippen LogP contribution in [-0.2, 0) is 4.74 Å². The molecule has 7 heteroatoms. The van der Waals surface area contributed by atoms with Crippen LogP contribution in [0.2, 0.25) is 0 Å². The van der Waals surface area contributed by atoms with Gasteiger partial charge in [-0.3, -0.25) is 5.32 Å². The summed E-state index contributed by atoms with van der Waals surface area (Å²) in [6.07, 6.45) is -0.116. The molecule has 0 aliphatic carbocycles. The number of nitrogens with zero attached hydrogens (tertiary/aromatic N) is 3. The van der Waals surface area contributed by atoms with Crippen LogP contribution in [0.15, 0.2) is 35.8 Å². The molecule has 2 aromatic rings. The van der Waals surface area contributed by atoms with Gasteiger partial charge < -0.3 is 9.64 Å². The third-order valence-corrected chi connectivity index (χ3v) is 4.31. The number of carbonyl (C=O) groups excluding carboxylic acids is 1. The lowest BCUT2D eigenvalue weighted by atomic mass is 9.98. The first-order valence-corrected chi connectivity index (χ1v) is 7.95. The third-order valence-electron chi connectivity index (χ3n) is 3.71. The molecule has 1 N–H and O–H groups in total. The molecule has 1 aromatic carbocycles. The summed E-state index contributed by atoms with van der Waals surface area (Å²) < 4.78 is 5.95. The van der Waals surface area contributed by atoms with E-state index in [0.29, 0.717) is 18.3 Å². The SMILES string of the molecule is CC1(C)CO[C@H](c2ccccc2)CN1C(=O)Nc1nncs1. The van der Waals surface area contributed by atoms with Crippen LogP contribution in [0.25, 0.3) is 0 Å². The summed E-state index contributed by atoms with van der Waals surface area (Å²) >= 11 is 1.30. The van der Waals surface area contributed by atoms with Gasteiger partial charge in [-0.2, -0.15) is 0 Å². The van der Waals surface area contributed by atoms with E-state index in [1.54, 1.807) is 10.4 Å². The predicted octanol–water partition coefficient (Wildman–Crippen LogP) is 2.92. The molecule has 3 rings (SSSR count). The average molecular weight is 318 g/mol. The third kappa shape index (κ3) is 3.10. The highest BCUT2D eigenvalue weighted by Crippen LogP contribution is 2.30. The van der Waals surface area contributed by atoms with Crippen molar-refractivity contribution < 1.29 is 9.53 Å². The first kappa shape index (κ1) is 14.9. The van der Waals surface area contributed by atoms with Crippen molar-refractivity contribution in [2.24, 2.45) is 0 Å². The molecule has 1 saturated heterocycles. The lowest BCUT2D eigenvalue weighted by Gasteiger charge is -2.45. The van der Waals surface area contributed by atoms with E-state index in [9.17, 15) is 4.79 Å². The lowest BCUT2D eigenvalue weighted by Crippen LogP contribution is -2.57. The largest absolute Gasteiger partial charge is 0.369 e. The van der Waals surface area contributed by atoms with Crippen molar-refractivity contribution in [3.63, 3.8) is 0 Å². The molecule has 1 aliphatic heterocycles. The number of ether oxygens (including phenoxy) is 1. The molecule has 1 atom stereocenters. The molecule has 2 amide bonds. The van der Waals surface area contributed by atoms with Crippen LogP contribution in [-0.4, -0.2) is 39.8 Å². The number of rotatable bonds is 2. The Morgan fingerprint density at radius 1 is 1.41 bits per heavy atom. The molecule has 0 unspecified atom stereocenters. The first-order chi connectivity index (χ1) is 10.6. The molecule has 0 radical (unpaired) electrons. The van der Waals surface area contributed by atoms with Gasteiger partial charge in [0.1, 0.15) is 11.6 Å². The predicted molar refractivity (Wildman–Crippen MR) is 84.8 cm³/mol. The summed E-state index contributed by atoms with van der Waals surface area (Å²) in [5.41, 5.74) is 2.29. The van der Waals surface area contributed by atoms with Crippen LogP contribution in [0.4, 0.5) is 9.93 Å². The van der Waals surface area contributed by atoms with Crippen LogP contribution < -0.4 is 5.32 Å². The van der Waals surface area contributed by atoms with Crippen molar-refractivity contribution in [3.8, 4) is 0 Å². The number of urea groups is 1. The molecule has 116 valence electrons. The summed E-state index contributed by atoms with van der Waals surface area (Å²) in [4.78, 5) is 14.4. The van der Waals surface area contributed by atoms with Crippen LogP contribution in [0.5, 0.6) is 0 Å². The van der Waals surface area contributed by atoms with Crippen molar-refractivity contribution in [1.29, 1.82) is 0 Å². The number of hydrogen-bond donors (Lipinski definition) is 1. The molecule has 0 spiro atoms. The number of nitrogens with one attached hydrogen (secondary N) is 1. The Balaban J connectivity index is 1.76. The minimum atomic E-state index is -0.375. The maximum absolute atomic E-state index is 12.6. The van der Waals surface area contributed by atoms with Gasteiger partial charge in [-0.1, -0.05) is 41.7 Å². The van der Waals surface area contributed by atoms with E-state index in [0.717, 1.165) is 5.56 Å². The molecule has 6 nitrogen and oxygen atoms in total. The van der Waals surface area contributed by atoms with E-state index in [4.69, 9.17) is 4.74 Å². The lowest BCUT2D eigenvalue weighted by molar-refractivity contribution is -0.0783. The zero-order valence-corrected chi connectivity index (χ0v) is 13.3. The van der Waals surface area contributed by atoms with Crippen LogP contribution in [0, 0.1) is 0 Å². The van der Waals surface area contributed by atoms with Crippen molar-refractivity contribution in [2.45, 2.75) is 25.5 Å². The van der Waals surface area contributed by atoms with Crippen molar-refractivity contribution in [2.75, 3.05) is 18.5 Å². The van der Waals surface area contributed by atoms with E-state index in [1.807, 2.05) is 44.2 Å². The van der Waals surface area contributed by atoms with Crippen LogP contribution in [0.3, 0.4) is 0 Å². The van der Waals surface area contributed by atoms with Gasteiger partial charge in [-0.05, 0) is 19.4 Å². The highest BCUT2D eigenvalue weighted by Gasteiger charge is 2.38. The first-order valence-electron chi connectivity index (χ1n) is 7.07. The van der Waals surface area contributed by atoms with Gasteiger partial charge in [0.15, 0.2) is 0 Å². The van der Waals surface area contributed by atoms with Crippen LogP contribution >= 0.6 is 11.3 Å². The zero-order chi connectivity index (χ0) is 15.6. The Morgan fingerprint density at radius 2 is 2.18 bits per heavy atom. The summed E-state index contributed by atoms with van der Waals surface area (Å²) in [5, 5.41) is 10.9.